The Labute approximate surface area is 108 Å². The summed E-state index contributed by atoms with van der Waals surface area (Å²) in [4.78, 5) is 23.0. The van der Waals surface area contributed by atoms with Gasteiger partial charge in [0.05, 0.1) is 11.3 Å². The van der Waals surface area contributed by atoms with Crippen LogP contribution >= 0.6 is 15.9 Å². The number of anilines is 1. The number of carbonyl (C=O) groups is 2. The second kappa shape index (κ2) is 4.72. The van der Waals surface area contributed by atoms with Crippen molar-refractivity contribution in [2.75, 3.05) is 10.6 Å². The topological polar surface area (TPSA) is 46.2 Å². The van der Waals surface area contributed by atoms with E-state index in [0.717, 1.165) is 10.9 Å². The number of Topliss-reactive ketones (excluding diaryl/α,β-unsaturated/α-hetero) is 1. The van der Waals surface area contributed by atoms with Crippen LogP contribution in [-0.2, 0) is 4.79 Å². The van der Waals surface area contributed by atoms with E-state index in [1.54, 1.807) is 6.07 Å². The van der Waals surface area contributed by atoms with E-state index < -0.39 is 11.7 Å². The average Bonchev–Trinajstić information content (AvgIpc) is 2.59. The number of hydrogen-bond donors (Lipinski definition) is 1. The van der Waals surface area contributed by atoms with Crippen molar-refractivity contribution in [1.29, 1.82) is 0 Å². The lowest BCUT2D eigenvalue weighted by Gasteiger charge is -2.03. The Balaban J connectivity index is 2.54. The molecule has 17 heavy (non-hydrogen) atoms. The molecule has 1 aliphatic heterocycles. The third-order valence-corrected chi connectivity index (χ3v) is 2.92. The lowest BCUT2D eigenvalue weighted by atomic mass is 9.99. The van der Waals surface area contributed by atoms with E-state index in [1.165, 1.54) is 0 Å². The molecular weight excluding hydrogens is 282 g/mol. The van der Waals surface area contributed by atoms with E-state index in [0.29, 0.717) is 23.2 Å². The molecule has 3 nitrogen and oxygen atoms in total. The lowest BCUT2D eigenvalue weighted by Crippen LogP contribution is -2.13. The van der Waals surface area contributed by atoms with E-state index in [9.17, 15) is 9.59 Å². The summed E-state index contributed by atoms with van der Waals surface area (Å²) in [7, 11) is 0. The minimum atomic E-state index is -0.575. The second-order valence-corrected chi connectivity index (χ2v) is 4.50. The number of halogens is 1. The van der Waals surface area contributed by atoms with Gasteiger partial charge in [0.15, 0.2) is 0 Å². The van der Waals surface area contributed by atoms with Crippen molar-refractivity contribution in [2.24, 2.45) is 0 Å². The summed E-state index contributed by atoms with van der Waals surface area (Å²) in [6, 6.07) is 3.60. The van der Waals surface area contributed by atoms with Crippen LogP contribution in [0.25, 0.3) is 0 Å². The highest BCUT2D eigenvalue weighted by molar-refractivity contribution is 9.09. The Morgan fingerprint density at radius 3 is 2.82 bits per heavy atom. The van der Waals surface area contributed by atoms with Crippen molar-refractivity contribution in [3.63, 3.8) is 0 Å². The number of fused-ring (bicyclic) bond motifs is 1. The van der Waals surface area contributed by atoms with Crippen LogP contribution in [0.2, 0.25) is 0 Å². The molecule has 1 aromatic rings. The zero-order valence-electron chi connectivity index (χ0n) is 9.26. The van der Waals surface area contributed by atoms with Crippen LogP contribution in [0.15, 0.2) is 12.1 Å². The minimum Gasteiger partial charge on any atom is -0.318 e. The van der Waals surface area contributed by atoms with Gasteiger partial charge in [0.1, 0.15) is 0 Å². The number of rotatable bonds is 1. The third-order valence-electron chi connectivity index (χ3n) is 2.53. The first-order valence-corrected chi connectivity index (χ1v) is 6.31. The van der Waals surface area contributed by atoms with E-state index in [4.69, 9.17) is 0 Å². The van der Waals surface area contributed by atoms with Crippen molar-refractivity contribution >= 4 is 33.3 Å². The number of alkyl halides is 1. The Bertz CT molecular complexity index is 567. The molecule has 0 radical (unpaired) electrons. The predicted molar refractivity (Wildman–Crippen MR) is 69.4 cm³/mol. The molecule has 4 heteroatoms. The first kappa shape index (κ1) is 11.9. The summed E-state index contributed by atoms with van der Waals surface area (Å²) in [5.41, 5.74) is 2.55. The standard InChI is InChI=1S/C13H10BrNO2/c1-8-5-6-10-11(12(16)13(17)15-10)9(8)4-2-3-7-14/h5-6H,3,7H2,1H3,(H,15,16,17). The van der Waals surface area contributed by atoms with Crippen LogP contribution in [0.4, 0.5) is 5.69 Å². The number of ketones is 1. The number of hydrogen-bond acceptors (Lipinski definition) is 2. The van der Waals surface area contributed by atoms with Gasteiger partial charge in [-0.05, 0) is 18.6 Å². The molecule has 0 atom stereocenters. The van der Waals surface area contributed by atoms with Gasteiger partial charge in [-0.25, -0.2) is 0 Å². The molecule has 0 saturated carbocycles. The fraction of sp³-hybridized carbons (Fsp3) is 0.231. The van der Waals surface area contributed by atoms with Crippen molar-refractivity contribution in [2.45, 2.75) is 13.3 Å². The number of benzene rings is 1. The number of carbonyl (C=O) groups excluding carboxylic acids is 2. The number of nitrogens with one attached hydrogen (secondary N) is 1. The maximum atomic E-state index is 11.7. The number of amides is 1. The Morgan fingerprint density at radius 1 is 1.35 bits per heavy atom. The maximum absolute atomic E-state index is 11.7. The van der Waals surface area contributed by atoms with Crippen molar-refractivity contribution in [3.05, 3.63) is 28.8 Å². The molecule has 0 spiro atoms. The Kier molecular flexibility index (Phi) is 3.30. The SMILES string of the molecule is Cc1ccc2c(c1C#CCCBr)C(=O)C(=O)N2. The molecule has 0 aromatic heterocycles. The van der Waals surface area contributed by atoms with E-state index in [-0.39, 0.29) is 0 Å². The normalized spacial score (nSPS) is 12.8. The first-order chi connectivity index (χ1) is 8.15. The fourth-order valence-electron chi connectivity index (χ4n) is 1.70. The molecule has 0 bridgehead atoms. The number of aryl methyl sites for hydroxylation is 1. The van der Waals surface area contributed by atoms with E-state index in [2.05, 4.69) is 33.1 Å². The molecule has 1 aliphatic rings. The van der Waals surface area contributed by atoms with Crippen LogP contribution < -0.4 is 5.32 Å². The van der Waals surface area contributed by atoms with Crippen LogP contribution in [-0.4, -0.2) is 17.0 Å². The van der Waals surface area contributed by atoms with Crippen LogP contribution in [0.3, 0.4) is 0 Å². The van der Waals surface area contributed by atoms with E-state index >= 15 is 0 Å². The molecule has 0 saturated heterocycles. The van der Waals surface area contributed by atoms with Crippen LogP contribution in [0, 0.1) is 18.8 Å². The third kappa shape index (κ3) is 2.11. The van der Waals surface area contributed by atoms with Gasteiger partial charge < -0.3 is 5.32 Å². The summed E-state index contributed by atoms with van der Waals surface area (Å²) in [5.74, 6) is 4.87. The molecule has 0 fully saturated rings. The van der Waals surface area contributed by atoms with Crippen molar-refractivity contribution in [1.82, 2.24) is 0 Å². The van der Waals surface area contributed by atoms with Gasteiger partial charge >= 0.3 is 0 Å². The highest BCUT2D eigenvalue weighted by atomic mass is 79.9. The monoisotopic (exact) mass is 291 g/mol. The summed E-state index contributed by atoms with van der Waals surface area (Å²) in [6.07, 6.45) is 0.707. The summed E-state index contributed by atoms with van der Waals surface area (Å²) < 4.78 is 0. The zero-order valence-corrected chi connectivity index (χ0v) is 10.8. The molecule has 2 rings (SSSR count). The van der Waals surface area contributed by atoms with Gasteiger partial charge in [0.2, 0.25) is 0 Å². The quantitative estimate of drug-likeness (QED) is 0.490. The smallest absolute Gasteiger partial charge is 0.296 e. The molecule has 1 amide bonds. The van der Waals surface area contributed by atoms with Gasteiger partial charge in [-0.1, -0.05) is 33.8 Å². The molecule has 86 valence electrons. The summed E-state index contributed by atoms with van der Waals surface area (Å²) >= 11 is 3.29. The van der Waals surface area contributed by atoms with Gasteiger partial charge in [-0.15, -0.1) is 0 Å². The molecule has 1 N–H and O–H groups in total. The molecular formula is C13H10BrNO2. The van der Waals surface area contributed by atoms with Gasteiger partial charge in [0.25, 0.3) is 11.7 Å². The fourth-order valence-corrected chi connectivity index (χ4v) is 1.90. The predicted octanol–water partition coefficient (Wildman–Crippen LogP) is 2.27. The first-order valence-electron chi connectivity index (χ1n) is 5.19. The van der Waals surface area contributed by atoms with Gasteiger partial charge in [-0.2, -0.15) is 0 Å². The van der Waals surface area contributed by atoms with Crippen LogP contribution in [0.5, 0.6) is 0 Å². The van der Waals surface area contributed by atoms with Crippen molar-refractivity contribution < 1.29 is 9.59 Å². The van der Waals surface area contributed by atoms with Gasteiger partial charge in [-0.3, -0.25) is 9.59 Å². The Hall–Kier alpha value is -1.60. The largest absolute Gasteiger partial charge is 0.318 e. The second-order valence-electron chi connectivity index (χ2n) is 3.70. The Morgan fingerprint density at radius 2 is 2.12 bits per heavy atom. The summed E-state index contributed by atoms with van der Waals surface area (Å²) in [5, 5.41) is 3.33. The maximum Gasteiger partial charge on any atom is 0.296 e. The highest BCUT2D eigenvalue weighted by Crippen LogP contribution is 2.28. The average molecular weight is 292 g/mol. The highest BCUT2D eigenvalue weighted by Gasteiger charge is 2.30. The molecule has 0 unspecified atom stereocenters. The molecule has 1 aromatic carbocycles. The van der Waals surface area contributed by atoms with Gasteiger partial charge in [0, 0.05) is 17.3 Å². The molecule has 0 aliphatic carbocycles. The van der Waals surface area contributed by atoms with Crippen molar-refractivity contribution in [3.8, 4) is 11.8 Å². The molecule has 1 heterocycles. The van der Waals surface area contributed by atoms with Crippen LogP contribution in [0.1, 0.15) is 27.9 Å². The lowest BCUT2D eigenvalue weighted by molar-refractivity contribution is -0.112. The minimum absolute atomic E-state index is 0.414. The summed E-state index contributed by atoms with van der Waals surface area (Å²) in [6.45, 7) is 1.88. The zero-order chi connectivity index (χ0) is 12.4. The van der Waals surface area contributed by atoms with E-state index in [1.807, 2.05) is 13.0 Å².